The van der Waals surface area contributed by atoms with E-state index < -0.39 is 30.4 Å². The summed E-state index contributed by atoms with van der Waals surface area (Å²) in [5.41, 5.74) is 4.58. The standard InChI is InChI=1S/C26H22F2N2O5/c27-26(28,24(33)30-17-11-9-16(10-12-17)13-23(31)32)15-29-25(34)35-14-22-20-7-3-1-5-18(20)19-6-2-4-8-21(19)22/h1-12,22H,13-15H2,(H,29,34)(H,30,33)(H,31,32). The van der Waals surface area contributed by atoms with Crippen LogP contribution in [0.3, 0.4) is 0 Å². The van der Waals surface area contributed by atoms with Crippen molar-refractivity contribution in [3.8, 4) is 11.1 Å². The molecule has 0 heterocycles. The van der Waals surface area contributed by atoms with Crippen molar-refractivity contribution in [2.75, 3.05) is 18.5 Å². The van der Waals surface area contributed by atoms with E-state index in [0.29, 0.717) is 5.56 Å². The van der Waals surface area contributed by atoms with Gasteiger partial charge >= 0.3 is 18.0 Å². The van der Waals surface area contributed by atoms with Gasteiger partial charge in [-0.1, -0.05) is 60.7 Å². The topological polar surface area (TPSA) is 105 Å². The largest absolute Gasteiger partial charge is 0.481 e. The van der Waals surface area contributed by atoms with Crippen molar-refractivity contribution >= 4 is 23.7 Å². The predicted octanol–water partition coefficient (Wildman–Crippen LogP) is 4.43. The van der Waals surface area contributed by atoms with E-state index in [-0.39, 0.29) is 24.6 Å². The molecular formula is C26H22F2N2O5. The maximum atomic E-state index is 14.3. The number of carboxylic acids is 1. The molecular weight excluding hydrogens is 458 g/mol. The van der Waals surface area contributed by atoms with Gasteiger partial charge in [0.25, 0.3) is 5.91 Å². The number of aliphatic carboxylic acids is 1. The van der Waals surface area contributed by atoms with Crippen LogP contribution >= 0.6 is 0 Å². The molecule has 0 saturated heterocycles. The van der Waals surface area contributed by atoms with Crippen molar-refractivity contribution in [2.24, 2.45) is 0 Å². The zero-order valence-electron chi connectivity index (χ0n) is 18.5. The van der Waals surface area contributed by atoms with Crippen LogP contribution in [0.15, 0.2) is 72.8 Å². The SMILES string of the molecule is O=C(O)Cc1ccc(NC(=O)C(F)(F)CNC(=O)OCC2c3ccccc3-c3ccccc32)cc1. The number of amides is 2. The Morgan fingerprint density at radius 3 is 2.03 bits per heavy atom. The quantitative estimate of drug-likeness (QED) is 0.443. The third-order valence-electron chi connectivity index (χ3n) is 5.70. The lowest BCUT2D eigenvalue weighted by atomic mass is 9.98. The van der Waals surface area contributed by atoms with Gasteiger partial charge in [-0.3, -0.25) is 9.59 Å². The van der Waals surface area contributed by atoms with Crippen LogP contribution in [0.25, 0.3) is 11.1 Å². The molecule has 1 aliphatic carbocycles. The number of rotatable bonds is 8. The highest BCUT2D eigenvalue weighted by Gasteiger charge is 2.39. The number of halogens is 2. The average Bonchev–Trinajstić information content (AvgIpc) is 3.16. The molecule has 0 bridgehead atoms. The van der Waals surface area contributed by atoms with Crippen molar-refractivity contribution in [3.63, 3.8) is 0 Å². The number of fused-ring (bicyclic) bond motifs is 3. The third-order valence-corrected chi connectivity index (χ3v) is 5.70. The number of carboxylic acid groups (broad SMARTS) is 1. The molecule has 0 fully saturated rings. The van der Waals surface area contributed by atoms with Gasteiger partial charge in [0.15, 0.2) is 0 Å². The second kappa shape index (κ2) is 9.92. The molecule has 35 heavy (non-hydrogen) atoms. The van der Waals surface area contributed by atoms with Crippen LogP contribution < -0.4 is 10.6 Å². The number of nitrogens with one attached hydrogen (secondary N) is 2. The van der Waals surface area contributed by atoms with Gasteiger partial charge in [-0.05, 0) is 39.9 Å². The number of ether oxygens (including phenoxy) is 1. The van der Waals surface area contributed by atoms with Gasteiger partial charge < -0.3 is 20.5 Å². The molecule has 9 heteroatoms. The Morgan fingerprint density at radius 2 is 1.46 bits per heavy atom. The van der Waals surface area contributed by atoms with Gasteiger partial charge in [0.05, 0.1) is 13.0 Å². The smallest absolute Gasteiger partial charge is 0.407 e. The summed E-state index contributed by atoms with van der Waals surface area (Å²) in [7, 11) is 0. The lowest BCUT2D eigenvalue weighted by Gasteiger charge is -2.18. The summed E-state index contributed by atoms with van der Waals surface area (Å²) in [4.78, 5) is 34.8. The first-order valence-corrected chi connectivity index (χ1v) is 10.8. The highest BCUT2D eigenvalue weighted by Crippen LogP contribution is 2.44. The number of carbonyl (C=O) groups is 3. The Bertz CT molecular complexity index is 1220. The molecule has 0 aliphatic heterocycles. The molecule has 0 atom stereocenters. The van der Waals surface area contributed by atoms with Crippen LogP contribution in [0, 0.1) is 0 Å². The summed E-state index contributed by atoms with van der Waals surface area (Å²) >= 11 is 0. The molecule has 3 aromatic carbocycles. The van der Waals surface area contributed by atoms with Gasteiger partial charge in [0, 0.05) is 11.6 Å². The molecule has 0 spiro atoms. The van der Waals surface area contributed by atoms with Crippen LogP contribution in [0.1, 0.15) is 22.6 Å². The van der Waals surface area contributed by atoms with Crippen molar-refractivity contribution < 1.29 is 33.0 Å². The first-order chi connectivity index (χ1) is 16.7. The minimum Gasteiger partial charge on any atom is -0.481 e. The Labute approximate surface area is 199 Å². The third kappa shape index (κ3) is 5.46. The number of alkyl halides is 2. The number of carbonyl (C=O) groups excluding carboxylic acids is 2. The van der Waals surface area contributed by atoms with E-state index in [1.165, 1.54) is 24.3 Å². The second-order valence-corrected chi connectivity index (χ2v) is 8.11. The molecule has 180 valence electrons. The van der Waals surface area contributed by atoms with Crippen molar-refractivity contribution in [1.82, 2.24) is 5.32 Å². The summed E-state index contributed by atoms with van der Waals surface area (Å²) in [5, 5.41) is 12.8. The fraction of sp³-hybridized carbons (Fsp3) is 0.192. The molecule has 0 saturated carbocycles. The van der Waals surface area contributed by atoms with E-state index in [9.17, 15) is 23.2 Å². The molecule has 4 rings (SSSR count). The predicted molar refractivity (Wildman–Crippen MR) is 124 cm³/mol. The van der Waals surface area contributed by atoms with E-state index in [1.807, 2.05) is 53.8 Å². The fourth-order valence-corrected chi connectivity index (χ4v) is 4.02. The first-order valence-electron chi connectivity index (χ1n) is 10.8. The molecule has 0 unspecified atom stereocenters. The molecule has 7 nitrogen and oxygen atoms in total. The second-order valence-electron chi connectivity index (χ2n) is 8.11. The van der Waals surface area contributed by atoms with Crippen molar-refractivity contribution in [1.29, 1.82) is 0 Å². The van der Waals surface area contributed by atoms with Crippen molar-refractivity contribution in [3.05, 3.63) is 89.5 Å². The molecule has 0 radical (unpaired) electrons. The molecule has 2 amide bonds. The van der Waals surface area contributed by atoms with E-state index in [0.717, 1.165) is 22.3 Å². The maximum Gasteiger partial charge on any atom is 0.407 e. The summed E-state index contributed by atoms with van der Waals surface area (Å²) in [6, 6.07) is 20.9. The van der Waals surface area contributed by atoms with Crippen LogP contribution in [-0.4, -0.2) is 42.2 Å². The van der Waals surface area contributed by atoms with E-state index in [2.05, 4.69) is 5.32 Å². The van der Waals surface area contributed by atoms with E-state index in [4.69, 9.17) is 9.84 Å². The number of hydrogen-bond acceptors (Lipinski definition) is 4. The summed E-state index contributed by atoms with van der Waals surface area (Å²) in [5.74, 6) is -6.76. The minimum atomic E-state index is -3.90. The van der Waals surface area contributed by atoms with Crippen LogP contribution in [0.5, 0.6) is 0 Å². The highest BCUT2D eigenvalue weighted by atomic mass is 19.3. The van der Waals surface area contributed by atoms with Gasteiger partial charge in [-0.15, -0.1) is 0 Å². The van der Waals surface area contributed by atoms with Gasteiger partial charge in [0.2, 0.25) is 0 Å². The zero-order chi connectivity index (χ0) is 25.0. The number of alkyl carbamates (subject to hydrolysis) is 1. The normalized spacial score (nSPS) is 12.4. The monoisotopic (exact) mass is 480 g/mol. The summed E-state index contributed by atoms with van der Waals surface area (Å²) < 4.78 is 33.8. The molecule has 1 aliphatic rings. The molecule has 0 aromatic heterocycles. The average molecular weight is 480 g/mol. The van der Waals surface area contributed by atoms with E-state index in [1.54, 1.807) is 0 Å². The van der Waals surface area contributed by atoms with Crippen molar-refractivity contribution in [2.45, 2.75) is 18.3 Å². The van der Waals surface area contributed by atoms with Gasteiger partial charge in [-0.2, -0.15) is 8.78 Å². The first kappa shape index (κ1) is 23.9. The lowest BCUT2D eigenvalue weighted by molar-refractivity contribution is -0.138. The lowest BCUT2D eigenvalue weighted by Crippen LogP contribution is -2.45. The number of hydrogen-bond donors (Lipinski definition) is 3. The summed E-state index contributed by atoms with van der Waals surface area (Å²) in [6.45, 7) is -1.28. The van der Waals surface area contributed by atoms with Crippen LogP contribution in [0.2, 0.25) is 0 Å². The molecule has 3 N–H and O–H groups in total. The fourth-order valence-electron chi connectivity index (χ4n) is 4.02. The minimum absolute atomic E-state index is 0.0413. The Balaban J connectivity index is 1.30. The highest BCUT2D eigenvalue weighted by molar-refractivity contribution is 5.96. The van der Waals surface area contributed by atoms with Crippen LogP contribution in [0.4, 0.5) is 19.3 Å². The van der Waals surface area contributed by atoms with E-state index >= 15 is 0 Å². The Morgan fingerprint density at radius 1 is 0.886 bits per heavy atom. The maximum absolute atomic E-state index is 14.3. The summed E-state index contributed by atoms with van der Waals surface area (Å²) in [6.07, 6.45) is -1.29. The Hall–Kier alpha value is -4.27. The van der Waals surface area contributed by atoms with Gasteiger partial charge in [-0.25, -0.2) is 4.79 Å². The number of anilines is 1. The zero-order valence-corrected chi connectivity index (χ0v) is 18.5. The van der Waals surface area contributed by atoms with Gasteiger partial charge in [0.1, 0.15) is 6.61 Å². The Kier molecular flexibility index (Phi) is 6.77. The molecule has 3 aromatic rings. The number of benzene rings is 3. The van der Waals surface area contributed by atoms with Crippen LogP contribution in [-0.2, 0) is 20.7 Å².